The SMILES string of the molecule is O=c1nc(SCc2ccc(F)cc2)n(Cc2nc3ccccc3n2Cc2ccc(-c3ccc(C(F)(F)F)cc3)cc2)c2c1CCC2. The molecule has 2 heterocycles. The van der Waals surface area contributed by atoms with Crippen molar-refractivity contribution in [3.05, 3.63) is 147 Å². The van der Waals surface area contributed by atoms with E-state index in [0.29, 0.717) is 36.0 Å². The van der Waals surface area contributed by atoms with Crippen molar-refractivity contribution in [2.24, 2.45) is 0 Å². The molecule has 232 valence electrons. The number of alkyl halides is 3. The van der Waals surface area contributed by atoms with E-state index >= 15 is 0 Å². The first-order valence-electron chi connectivity index (χ1n) is 14.9. The van der Waals surface area contributed by atoms with Crippen LogP contribution in [-0.2, 0) is 37.9 Å². The van der Waals surface area contributed by atoms with Crippen LogP contribution in [0.2, 0.25) is 0 Å². The molecule has 0 spiro atoms. The third kappa shape index (κ3) is 6.09. The molecule has 1 aliphatic rings. The normalized spacial score (nSPS) is 13.0. The third-order valence-corrected chi connectivity index (χ3v) is 9.40. The zero-order valence-corrected chi connectivity index (χ0v) is 25.4. The zero-order chi connectivity index (χ0) is 31.8. The molecule has 0 atom stereocenters. The molecule has 5 nitrogen and oxygen atoms in total. The average Bonchev–Trinajstić information content (AvgIpc) is 3.68. The summed E-state index contributed by atoms with van der Waals surface area (Å²) in [5.41, 5.74) is 6.17. The lowest BCUT2D eigenvalue weighted by Crippen LogP contribution is -2.23. The van der Waals surface area contributed by atoms with Gasteiger partial charge in [0.05, 0.1) is 23.1 Å². The highest BCUT2D eigenvalue weighted by molar-refractivity contribution is 7.98. The van der Waals surface area contributed by atoms with Crippen molar-refractivity contribution in [2.75, 3.05) is 0 Å². The van der Waals surface area contributed by atoms with E-state index in [-0.39, 0.29) is 11.4 Å². The summed E-state index contributed by atoms with van der Waals surface area (Å²) in [7, 11) is 0. The van der Waals surface area contributed by atoms with Crippen molar-refractivity contribution >= 4 is 22.8 Å². The van der Waals surface area contributed by atoms with Crippen LogP contribution in [0.5, 0.6) is 0 Å². The second-order valence-electron chi connectivity index (χ2n) is 11.4. The molecular formula is C36H28F4N4OS. The smallest absolute Gasteiger partial charge is 0.322 e. The summed E-state index contributed by atoms with van der Waals surface area (Å²) in [4.78, 5) is 22.5. The van der Waals surface area contributed by atoms with Gasteiger partial charge in [0.15, 0.2) is 5.16 Å². The first kappa shape index (κ1) is 30.0. The standard InChI is InChI=1S/C36H28F4N4OS/c37-28-18-10-24(11-19-28)22-46-35-42-34(45)29-4-3-7-31(29)44(35)21-33-41-30-5-1-2-6-32(30)43(33)20-23-8-12-25(13-9-23)26-14-16-27(17-15-26)36(38,39)40/h1-2,5-6,8-19H,3-4,7,20-22H2. The Morgan fingerprint density at radius 2 is 1.41 bits per heavy atom. The number of fused-ring (bicyclic) bond motifs is 2. The summed E-state index contributed by atoms with van der Waals surface area (Å²) < 4.78 is 56.8. The summed E-state index contributed by atoms with van der Waals surface area (Å²) in [5, 5.41) is 0.606. The minimum Gasteiger partial charge on any atom is -0.322 e. The van der Waals surface area contributed by atoms with Gasteiger partial charge in [-0.3, -0.25) is 4.79 Å². The Labute approximate surface area is 266 Å². The quantitative estimate of drug-likeness (QED) is 0.0955. The number of rotatable bonds is 8. The number of thioether (sulfide) groups is 1. The predicted molar refractivity (Wildman–Crippen MR) is 171 cm³/mol. The van der Waals surface area contributed by atoms with Gasteiger partial charge in [-0.1, -0.05) is 72.4 Å². The summed E-state index contributed by atoms with van der Waals surface area (Å²) in [5.74, 6) is 1.05. The van der Waals surface area contributed by atoms with E-state index in [2.05, 4.69) is 14.1 Å². The molecule has 0 amide bonds. The molecule has 6 aromatic rings. The van der Waals surface area contributed by atoms with Gasteiger partial charge >= 0.3 is 6.18 Å². The van der Waals surface area contributed by atoms with E-state index in [9.17, 15) is 22.4 Å². The van der Waals surface area contributed by atoms with E-state index in [1.165, 1.54) is 36.0 Å². The number of hydrogen-bond acceptors (Lipinski definition) is 4. The molecule has 10 heteroatoms. The second-order valence-corrected chi connectivity index (χ2v) is 12.3. The molecule has 46 heavy (non-hydrogen) atoms. The molecule has 7 rings (SSSR count). The van der Waals surface area contributed by atoms with Crippen molar-refractivity contribution in [3.63, 3.8) is 0 Å². The summed E-state index contributed by atoms with van der Waals surface area (Å²) >= 11 is 1.45. The van der Waals surface area contributed by atoms with Crippen LogP contribution in [0, 0.1) is 5.82 Å². The van der Waals surface area contributed by atoms with E-state index in [1.54, 1.807) is 12.1 Å². The lowest BCUT2D eigenvalue weighted by molar-refractivity contribution is -0.137. The molecule has 0 fully saturated rings. The van der Waals surface area contributed by atoms with Crippen LogP contribution in [0.4, 0.5) is 17.6 Å². The van der Waals surface area contributed by atoms with Gasteiger partial charge in [0.1, 0.15) is 11.6 Å². The Kier molecular flexibility index (Phi) is 7.98. The highest BCUT2D eigenvalue weighted by atomic mass is 32.2. The summed E-state index contributed by atoms with van der Waals surface area (Å²) in [6.45, 7) is 0.941. The first-order valence-corrected chi connectivity index (χ1v) is 15.9. The number of hydrogen-bond donors (Lipinski definition) is 0. The predicted octanol–water partition coefficient (Wildman–Crippen LogP) is 8.30. The largest absolute Gasteiger partial charge is 0.416 e. The van der Waals surface area contributed by atoms with Crippen molar-refractivity contribution in [3.8, 4) is 11.1 Å². The minimum atomic E-state index is -4.37. The molecule has 0 bridgehead atoms. The fourth-order valence-corrected chi connectivity index (χ4v) is 6.95. The maximum absolute atomic E-state index is 13.5. The Morgan fingerprint density at radius 3 is 2.13 bits per heavy atom. The Hall–Kier alpha value is -4.70. The van der Waals surface area contributed by atoms with Gasteiger partial charge in [0, 0.05) is 23.6 Å². The van der Waals surface area contributed by atoms with Crippen LogP contribution in [-0.4, -0.2) is 19.1 Å². The molecule has 1 aliphatic carbocycles. The van der Waals surface area contributed by atoms with Crippen LogP contribution in [0.15, 0.2) is 107 Å². The zero-order valence-electron chi connectivity index (χ0n) is 24.6. The van der Waals surface area contributed by atoms with Gasteiger partial charge < -0.3 is 9.13 Å². The van der Waals surface area contributed by atoms with E-state index in [4.69, 9.17) is 4.98 Å². The fourth-order valence-electron chi connectivity index (χ4n) is 5.99. The Morgan fingerprint density at radius 1 is 0.739 bits per heavy atom. The molecule has 4 aromatic carbocycles. The van der Waals surface area contributed by atoms with Gasteiger partial charge in [0.25, 0.3) is 5.56 Å². The number of para-hydroxylation sites is 2. The van der Waals surface area contributed by atoms with Crippen molar-refractivity contribution in [2.45, 2.75) is 49.4 Å². The number of benzene rings is 4. The van der Waals surface area contributed by atoms with Crippen LogP contribution >= 0.6 is 11.8 Å². The van der Waals surface area contributed by atoms with Gasteiger partial charge in [-0.2, -0.15) is 18.2 Å². The maximum atomic E-state index is 13.5. The first-order chi connectivity index (χ1) is 22.2. The maximum Gasteiger partial charge on any atom is 0.416 e. The van der Waals surface area contributed by atoms with Crippen LogP contribution in [0.25, 0.3) is 22.2 Å². The van der Waals surface area contributed by atoms with Crippen molar-refractivity contribution in [1.29, 1.82) is 0 Å². The van der Waals surface area contributed by atoms with Crippen molar-refractivity contribution < 1.29 is 17.6 Å². The third-order valence-electron chi connectivity index (χ3n) is 8.36. The lowest BCUT2D eigenvalue weighted by atomic mass is 10.0. The number of halogens is 4. The van der Waals surface area contributed by atoms with Gasteiger partial charge in [-0.15, -0.1) is 0 Å². The van der Waals surface area contributed by atoms with E-state index < -0.39 is 11.7 Å². The van der Waals surface area contributed by atoms with E-state index in [0.717, 1.165) is 69.8 Å². The molecule has 0 saturated carbocycles. The molecule has 0 saturated heterocycles. The Balaban J connectivity index is 1.21. The van der Waals surface area contributed by atoms with E-state index in [1.807, 2.05) is 48.5 Å². The number of imidazole rings is 1. The molecule has 0 N–H and O–H groups in total. The summed E-state index contributed by atoms with van der Waals surface area (Å²) in [6.07, 6.45) is -2.00. The van der Waals surface area contributed by atoms with Crippen LogP contribution in [0.3, 0.4) is 0 Å². The van der Waals surface area contributed by atoms with Gasteiger partial charge in [-0.25, -0.2) is 9.37 Å². The molecule has 0 aliphatic heterocycles. The molecule has 0 radical (unpaired) electrons. The number of aromatic nitrogens is 4. The minimum absolute atomic E-state index is 0.188. The van der Waals surface area contributed by atoms with Gasteiger partial charge in [-0.05, 0) is 77.9 Å². The highest BCUT2D eigenvalue weighted by Crippen LogP contribution is 2.32. The van der Waals surface area contributed by atoms with Gasteiger partial charge in [0.2, 0.25) is 0 Å². The number of nitrogens with zero attached hydrogens (tertiary/aromatic N) is 4. The highest BCUT2D eigenvalue weighted by Gasteiger charge is 2.30. The van der Waals surface area contributed by atoms with Crippen molar-refractivity contribution in [1.82, 2.24) is 19.1 Å². The molecular weight excluding hydrogens is 612 g/mol. The lowest BCUT2D eigenvalue weighted by Gasteiger charge is -2.18. The second kappa shape index (κ2) is 12.2. The average molecular weight is 641 g/mol. The fraction of sp³-hybridized carbons (Fsp3) is 0.194. The summed E-state index contributed by atoms with van der Waals surface area (Å²) in [6, 6.07) is 27.2. The van der Waals surface area contributed by atoms with Crippen LogP contribution < -0.4 is 5.56 Å². The molecule has 0 unspecified atom stereocenters. The molecule has 2 aromatic heterocycles. The monoisotopic (exact) mass is 640 g/mol. The Bertz CT molecular complexity index is 2080. The van der Waals surface area contributed by atoms with Crippen LogP contribution in [0.1, 0.15) is 40.2 Å². The topological polar surface area (TPSA) is 52.7 Å².